The van der Waals surface area contributed by atoms with Gasteiger partial charge < -0.3 is 20.4 Å². The third-order valence-corrected chi connectivity index (χ3v) is 3.87. The number of carbonyl (C=O) groups excluding carboxylic acids is 1. The molecule has 1 aromatic heterocycles. The Balaban J connectivity index is 1.96. The van der Waals surface area contributed by atoms with Crippen molar-refractivity contribution in [1.29, 1.82) is 0 Å². The molecule has 0 aliphatic heterocycles. The largest absolute Gasteiger partial charge is 0.383 e. The summed E-state index contributed by atoms with van der Waals surface area (Å²) in [6, 6.07) is 6.86. The van der Waals surface area contributed by atoms with Gasteiger partial charge in [0.1, 0.15) is 6.04 Å². The molecule has 3 N–H and O–H groups in total. The molecule has 0 aliphatic rings. The summed E-state index contributed by atoms with van der Waals surface area (Å²) >= 11 is 1.56. The molecule has 0 radical (unpaired) electrons. The third-order valence-electron chi connectivity index (χ3n) is 2.79. The number of hydrogen-bond donors (Lipinski definition) is 2. The van der Waals surface area contributed by atoms with Crippen LogP contribution in [0.15, 0.2) is 46.7 Å². The highest BCUT2D eigenvalue weighted by molar-refractivity contribution is 7.99. The predicted molar refractivity (Wildman–Crippen MR) is 82.3 cm³/mol. The fraction of sp³-hybridized carbons (Fsp3) is 0.286. The SMILES string of the molecule is COCC(N)C(=O)Nc1ccc(Sc2nccn2C)cc1. The Bertz CT molecular complexity index is 597. The van der Waals surface area contributed by atoms with Crippen LogP contribution in [0.5, 0.6) is 0 Å². The molecule has 1 amide bonds. The monoisotopic (exact) mass is 306 g/mol. The highest BCUT2D eigenvalue weighted by Gasteiger charge is 2.13. The summed E-state index contributed by atoms with van der Waals surface area (Å²) in [4.78, 5) is 17.0. The first-order chi connectivity index (χ1) is 10.1. The molecule has 2 aromatic rings. The van der Waals surface area contributed by atoms with Crippen molar-refractivity contribution in [3.05, 3.63) is 36.7 Å². The fourth-order valence-electron chi connectivity index (χ4n) is 1.65. The van der Waals surface area contributed by atoms with E-state index in [1.165, 1.54) is 7.11 Å². The van der Waals surface area contributed by atoms with Crippen LogP contribution >= 0.6 is 11.8 Å². The maximum atomic E-state index is 11.8. The number of benzene rings is 1. The molecule has 0 aliphatic carbocycles. The van der Waals surface area contributed by atoms with Gasteiger partial charge in [-0.2, -0.15) is 0 Å². The van der Waals surface area contributed by atoms with Gasteiger partial charge in [-0.05, 0) is 24.3 Å². The summed E-state index contributed by atoms with van der Waals surface area (Å²) in [5.41, 5.74) is 6.36. The number of hydrogen-bond acceptors (Lipinski definition) is 5. The van der Waals surface area contributed by atoms with Crippen LogP contribution in [0.2, 0.25) is 0 Å². The summed E-state index contributed by atoms with van der Waals surface area (Å²) in [7, 11) is 3.46. The van der Waals surface area contributed by atoms with Crippen LogP contribution < -0.4 is 11.1 Å². The number of amides is 1. The first kappa shape index (κ1) is 15.6. The van der Waals surface area contributed by atoms with Gasteiger partial charge in [-0.25, -0.2) is 4.98 Å². The number of methoxy groups -OCH3 is 1. The van der Waals surface area contributed by atoms with Crippen molar-refractivity contribution < 1.29 is 9.53 Å². The van der Waals surface area contributed by atoms with E-state index in [2.05, 4.69) is 10.3 Å². The lowest BCUT2D eigenvalue weighted by molar-refractivity contribution is -0.118. The summed E-state index contributed by atoms with van der Waals surface area (Å²) in [6.07, 6.45) is 3.65. The highest BCUT2D eigenvalue weighted by atomic mass is 32.2. The van der Waals surface area contributed by atoms with Crippen molar-refractivity contribution in [2.75, 3.05) is 19.0 Å². The lowest BCUT2D eigenvalue weighted by Crippen LogP contribution is -2.39. The van der Waals surface area contributed by atoms with Crippen molar-refractivity contribution in [3.63, 3.8) is 0 Å². The molecule has 1 heterocycles. The molecule has 0 fully saturated rings. The van der Waals surface area contributed by atoms with E-state index in [0.717, 1.165) is 10.1 Å². The van der Waals surface area contributed by atoms with Crippen LogP contribution in [0, 0.1) is 0 Å². The normalized spacial score (nSPS) is 12.1. The summed E-state index contributed by atoms with van der Waals surface area (Å²) in [5.74, 6) is -0.263. The first-order valence-corrected chi connectivity index (χ1v) is 7.22. The number of ether oxygens (including phenoxy) is 1. The molecule has 1 aromatic carbocycles. The molecule has 7 heteroatoms. The minimum Gasteiger partial charge on any atom is -0.383 e. The molecule has 0 saturated carbocycles. The van der Waals surface area contributed by atoms with Gasteiger partial charge in [-0.15, -0.1) is 0 Å². The Hall–Kier alpha value is -1.83. The minimum absolute atomic E-state index is 0.193. The van der Waals surface area contributed by atoms with E-state index in [4.69, 9.17) is 10.5 Å². The van der Waals surface area contributed by atoms with Crippen LogP contribution in [0.4, 0.5) is 5.69 Å². The fourth-order valence-corrected chi connectivity index (χ4v) is 2.45. The zero-order chi connectivity index (χ0) is 15.2. The van der Waals surface area contributed by atoms with Gasteiger partial charge in [-0.3, -0.25) is 4.79 Å². The molecular formula is C14H18N4O2S. The van der Waals surface area contributed by atoms with E-state index >= 15 is 0 Å². The van der Waals surface area contributed by atoms with E-state index < -0.39 is 6.04 Å². The lowest BCUT2D eigenvalue weighted by atomic mass is 10.2. The Kier molecular flexibility index (Phi) is 5.38. The number of carbonyl (C=O) groups is 1. The predicted octanol–water partition coefficient (Wildman–Crippen LogP) is 1.48. The lowest BCUT2D eigenvalue weighted by Gasteiger charge is -2.11. The van der Waals surface area contributed by atoms with Crippen LogP contribution in [0.1, 0.15) is 0 Å². The average molecular weight is 306 g/mol. The van der Waals surface area contributed by atoms with E-state index in [1.807, 2.05) is 42.1 Å². The van der Waals surface area contributed by atoms with E-state index in [9.17, 15) is 4.79 Å². The summed E-state index contributed by atoms with van der Waals surface area (Å²) in [5, 5.41) is 3.66. The van der Waals surface area contributed by atoms with Gasteiger partial charge in [-0.1, -0.05) is 11.8 Å². The molecule has 1 atom stereocenters. The Morgan fingerprint density at radius 2 is 2.19 bits per heavy atom. The van der Waals surface area contributed by atoms with E-state index in [1.54, 1.807) is 18.0 Å². The second-order valence-electron chi connectivity index (χ2n) is 4.50. The zero-order valence-corrected chi connectivity index (χ0v) is 12.8. The van der Waals surface area contributed by atoms with Crippen molar-refractivity contribution in [2.24, 2.45) is 12.8 Å². The molecule has 2 rings (SSSR count). The number of nitrogens with zero attached hydrogens (tertiary/aromatic N) is 2. The van der Waals surface area contributed by atoms with E-state index in [0.29, 0.717) is 5.69 Å². The highest BCUT2D eigenvalue weighted by Crippen LogP contribution is 2.26. The smallest absolute Gasteiger partial charge is 0.243 e. The van der Waals surface area contributed by atoms with Crippen molar-refractivity contribution in [3.8, 4) is 0 Å². The van der Waals surface area contributed by atoms with Gasteiger partial charge >= 0.3 is 0 Å². The molecule has 6 nitrogen and oxygen atoms in total. The minimum atomic E-state index is -0.670. The van der Waals surface area contributed by atoms with Crippen LogP contribution in [-0.4, -0.2) is 35.2 Å². The van der Waals surface area contributed by atoms with E-state index in [-0.39, 0.29) is 12.5 Å². The first-order valence-electron chi connectivity index (χ1n) is 6.41. The molecule has 1 unspecified atom stereocenters. The van der Waals surface area contributed by atoms with Crippen LogP contribution in [0.3, 0.4) is 0 Å². The number of imidazole rings is 1. The Labute approximate surface area is 127 Å². The Morgan fingerprint density at radius 3 is 2.76 bits per heavy atom. The van der Waals surface area contributed by atoms with Gasteiger partial charge in [0.15, 0.2) is 5.16 Å². The number of aryl methyl sites for hydroxylation is 1. The van der Waals surface area contributed by atoms with Crippen molar-refractivity contribution >= 4 is 23.4 Å². The Morgan fingerprint density at radius 1 is 1.48 bits per heavy atom. The average Bonchev–Trinajstić information content (AvgIpc) is 2.86. The van der Waals surface area contributed by atoms with Crippen LogP contribution in [0.25, 0.3) is 0 Å². The maximum absolute atomic E-state index is 11.8. The van der Waals surface area contributed by atoms with Gasteiger partial charge in [0.05, 0.1) is 6.61 Å². The van der Waals surface area contributed by atoms with Gasteiger partial charge in [0, 0.05) is 37.1 Å². The van der Waals surface area contributed by atoms with Crippen molar-refractivity contribution in [2.45, 2.75) is 16.1 Å². The zero-order valence-electron chi connectivity index (χ0n) is 11.9. The molecule has 21 heavy (non-hydrogen) atoms. The quantitative estimate of drug-likeness (QED) is 0.845. The summed E-state index contributed by atoms with van der Waals surface area (Å²) < 4.78 is 6.80. The third kappa shape index (κ3) is 4.32. The number of nitrogens with one attached hydrogen (secondary N) is 1. The van der Waals surface area contributed by atoms with Crippen molar-refractivity contribution in [1.82, 2.24) is 9.55 Å². The number of rotatable bonds is 6. The van der Waals surface area contributed by atoms with Gasteiger partial charge in [0.2, 0.25) is 5.91 Å². The topological polar surface area (TPSA) is 82.2 Å². The number of anilines is 1. The maximum Gasteiger partial charge on any atom is 0.243 e. The summed E-state index contributed by atoms with van der Waals surface area (Å²) in [6.45, 7) is 0.193. The number of nitrogens with two attached hydrogens (primary N) is 1. The second kappa shape index (κ2) is 7.26. The molecule has 112 valence electrons. The van der Waals surface area contributed by atoms with Crippen LogP contribution in [-0.2, 0) is 16.6 Å². The molecule has 0 spiro atoms. The number of aromatic nitrogens is 2. The second-order valence-corrected chi connectivity index (χ2v) is 5.54. The molecule has 0 bridgehead atoms. The molecule has 0 saturated heterocycles. The standard InChI is InChI=1S/C14H18N4O2S/c1-18-8-7-16-14(18)21-11-5-3-10(4-6-11)17-13(19)12(15)9-20-2/h3-8,12H,9,15H2,1-2H3,(H,17,19). The van der Waals surface area contributed by atoms with Gasteiger partial charge in [0.25, 0.3) is 0 Å². The molecular weight excluding hydrogens is 288 g/mol.